The van der Waals surface area contributed by atoms with Gasteiger partial charge in [-0.1, -0.05) is 42.5 Å². The fourth-order valence-corrected chi connectivity index (χ4v) is 3.49. The minimum atomic E-state index is -0.384. The Kier molecular flexibility index (Phi) is 4.07. The van der Waals surface area contributed by atoms with Gasteiger partial charge in [0, 0.05) is 20.6 Å². The summed E-state index contributed by atoms with van der Waals surface area (Å²) < 4.78 is 4.40. The van der Waals surface area contributed by atoms with Gasteiger partial charge in [-0.2, -0.15) is 4.98 Å². The summed E-state index contributed by atoms with van der Waals surface area (Å²) in [5.41, 5.74) is 1.17. The number of aromatic nitrogens is 4. The predicted octanol–water partition coefficient (Wildman–Crippen LogP) is 2.07. The molecule has 0 saturated heterocycles. The molecule has 0 unspecified atom stereocenters. The van der Waals surface area contributed by atoms with E-state index in [1.165, 1.54) is 11.6 Å². The molecular weight excluding hydrogens is 342 g/mol. The molecule has 0 amide bonds. The summed E-state index contributed by atoms with van der Waals surface area (Å²) in [5, 5.41) is 5.49. The third-order valence-electron chi connectivity index (χ3n) is 4.89. The molecule has 0 radical (unpaired) electrons. The molecular formula is C20H21N5O2. The second-order valence-electron chi connectivity index (χ2n) is 6.57. The summed E-state index contributed by atoms with van der Waals surface area (Å²) in [6, 6.07) is 14.3. The van der Waals surface area contributed by atoms with E-state index in [1.54, 1.807) is 7.05 Å². The standard InChI is InChI=1S/C20H21N5O2/c1-4-21-19-22-17-16(18(26)24(3)20(27)23(17)2)25(19)12-14-10-7-9-13-8-5-6-11-15(13)14/h5-11H,4,12H2,1-3H3,(H,21,22). The van der Waals surface area contributed by atoms with E-state index in [1.807, 2.05) is 29.7 Å². The van der Waals surface area contributed by atoms with Gasteiger partial charge in [-0.05, 0) is 23.3 Å². The fourth-order valence-electron chi connectivity index (χ4n) is 3.49. The van der Waals surface area contributed by atoms with E-state index in [2.05, 4.69) is 34.6 Å². The van der Waals surface area contributed by atoms with Crippen LogP contribution in [-0.2, 0) is 20.6 Å². The number of anilines is 1. The molecule has 0 aliphatic heterocycles. The number of imidazole rings is 1. The van der Waals surface area contributed by atoms with Crippen LogP contribution in [0.4, 0.5) is 5.95 Å². The maximum Gasteiger partial charge on any atom is 0.332 e. The van der Waals surface area contributed by atoms with E-state index in [-0.39, 0.29) is 11.2 Å². The van der Waals surface area contributed by atoms with Gasteiger partial charge < -0.3 is 5.32 Å². The van der Waals surface area contributed by atoms with Crippen molar-refractivity contribution in [3.8, 4) is 0 Å². The molecule has 138 valence electrons. The summed E-state index contributed by atoms with van der Waals surface area (Å²) >= 11 is 0. The van der Waals surface area contributed by atoms with Crippen LogP contribution in [0.5, 0.6) is 0 Å². The van der Waals surface area contributed by atoms with Crippen molar-refractivity contribution >= 4 is 27.9 Å². The molecule has 0 saturated carbocycles. The summed E-state index contributed by atoms with van der Waals surface area (Å²) in [7, 11) is 3.13. The van der Waals surface area contributed by atoms with Crippen LogP contribution in [-0.4, -0.2) is 25.2 Å². The molecule has 0 fully saturated rings. The lowest BCUT2D eigenvalue weighted by Gasteiger charge is -2.12. The highest BCUT2D eigenvalue weighted by Gasteiger charge is 2.19. The zero-order chi connectivity index (χ0) is 19.1. The largest absolute Gasteiger partial charge is 0.356 e. The number of benzene rings is 2. The van der Waals surface area contributed by atoms with E-state index < -0.39 is 0 Å². The van der Waals surface area contributed by atoms with Gasteiger partial charge in [0.05, 0.1) is 6.54 Å². The van der Waals surface area contributed by atoms with Gasteiger partial charge in [0.25, 0.3) is 5.56 Å². The third kappa shape index (κ3) is 2.63. The first-order chi connectivity index (χ1) is 13.0. The average molecular weight is 363 g/mol. The van der Waals surface area contributed by atoms with Gasteiger partial charge in [0.1, 0.15) is 0 Å². The Labute approximate surface area is 155 Å². The molecule has 4 aromatic rings. The summed E-state index contributed by atoms with van der Waals surface area (Å²) in [6.45, 7) is 3.11. The van der Waals surface area contributed by atoms with Gasteiger partial charge in [-0.15, -0.1) is 0 Å². The third-order valence-corrected chi connectivity index (χ3v) is 4.89. The second kappa shape index (κ2) is 6.42. The van der Waals surface area contributed by atoms with Crippen LogP contribution in [0.1, 0.15) is 12.5 Å². The van der Waals surface area contributed by atoms with Gasteiger partial charge in [-0.3, -0.25) is 18.5 Å². The van der Waals surface area contributed by atoms with E-state index in [0.717, 1.165) is 20.9 Å². The van der Waals surface area contributed by atoms with Gasteiger partial charge in [-0.25, -0.2) is 4.79 Å². The Balaban J connectivity index is 2.01. The van der Waals surface area contributed by atoms with Gasteiger partial charge in [0.2, 0.25) is 5.95 Å². The highest BCUT2D eigenvalue weighted by molar-refractivity contribution is 5.86. The predicted molar refractivity (Wildman–Crippen MR) is 107 cm³/mol. The van der Waals surface area contributed by atoms with Crippen molar-refractivity contribution in [1.82, 2.24) is 18.7 Å². The molecule has 1 N–H and O–H groups in total. The van der Waals surface area contributed by atoms with Crippen LogP contribution in [0.2, 0.25) is 0 Å². The first-order valence-electron chi connectivity index (χ1n) is 8.89. The number of hydrogen-bond acceptors (Lipinski definition) is 4. The zero-order valence-corrected chi connectivity index (χ0v) is 15.6. The first-order valence-corrected chi connectivity index (χ1v) is 8.89. The smallest absolute Gasteiger partial charge is 0.332 e. The van der Waals surface area contributed by atoms with Gasteiger partial charge in [0.15, 0.2) is 11.2 Å². The molecule has 0 bridgehead atoms. The Morgan fingerprint density at radius 2 is 1.74 bits per heavy atom. The Hall–Kier alpha value is -3.35. The lowest BCUT2D eigenvalue weighted by molar-refractivity contribution is 0.703. The quantitative estimate of drug-likeness (QED) is 0.602. The molecule has 4 rings (SSSR count). The van der Waals surface area contributed by atoms with Crippen molar-refractivity contribution in [2.24, 2.45) is 14.1 Å². The normalized spacial score (nSPS) is 11.4. The van der Waals surface area contributed by atoms with Crippen molar-refractivity contribution in [3.05, 3.63) is 68.9 Å². The van der Waals surface area contributed by atoms with Crippen LogP contribution in [0.3, 0.4) is 0 Å². The lowest BCUT2D eigenvalue weighted by Crippen LogP contribution is -2.37. The molecule has 27 heavy (non-hydrogen) atoms. The number of aryl methyl sites for hydroxylation is 1. The summed E-state index contributed by atoms with van der Waals surface area (Å²) in [6.07, 6.45) is 0. The maximum atomic E-state index is 12.9. The molecule has 0 aliphatic rings. The van der Waals surface area contributed by atoms with Gasteiger partial charge >= 0.3 is 5.69 Å². The molecule has 2 heterocycles. The number of rotatable bonds is 4. The molecule has 7 heteroatoms. The summed E-state index contributed by atoms with van der Waals surface area (Å²) in [4.78, 5) is 29.7. The van der Waals surface area contributed by atoms with Crippen molar-refractivity contribution < 1.29 is 0 Å². The van der Waals surface area contributed by atoms with E-state index in [9.17, 15) is 9.59 Å². The Bertz CT molecular complexity index is 1270. The first kappa shape index (κ1) is 17.1. The van der Waals surface area contributed by atoms with Crippen LogP contribution in [0.25, 0.3) is 21.9 Å². The van der Waals surface area contributed by atoms with E-state index >= 15 is 0 Å². The highest BCUT2D eigenvalue weighted by Crippen LogP contribution is 2.23. The summed E-state index contributed by atoms with van der Waals surface area (Å²) in [5.74, 6) is 0.582. The Morgan fingerprint density at radius 3 is 2.52 bits per heavy atom. The van der Waals surface area contributed by atoms with Crippen molar-refractivity contribution in [3.63, 3.8) is 0 Å². The van der Waals surface area contributed by atoms with Crippen LogP contribution < -0.4 is 16.6 Å². The van der Waals surface area contributed by atoms with Crippen LogP contribution in [0, 0.1) is 0 Å². The van der Waals surface area contributed by atoms with Crippen molar-refractivity contribution in [2.75, 3.05) is 11.9 Å². The topological polar surface area (TPSA) is 73.8 Å². The molecule has 7 nitrogen and oxygen atoms in total. The number of hydrogen-bond donors (Lipinski definition) is 1. The molecule has 0 spiro atoms. The van der Waals surface area contributed by atoms with E-state index in [4.69, 9.17) is 0 Å². The zero-order valence-electron chi connectivity index (χ0n) is 15.6. The Morgan fingerprint density at radius 1 is 1.00 bits per heavy atom. The number of nitrogens with one attached hydrogen (secondary N) is 1. The maximum absolute atomic E-state index is 12.9. The molecule has 0 atom stereocenters. The minimum Gasteiger partial charge on any atom is -0.356 e. The molecule has 2 aromatic carbocycles. The minimum absolute atomic E-state index is 0.343. The molecule has 0 aliphatic carbocycles. The fraction of sp³-hybridized carbons (Fsp3) is 0.250. The monoisotopic (exact) mass is 363 g/mol. The second-order valence-corrected chi connectivity index (χ2v) is 6.57. The van der Waals surface area contributed by atoms with Crippen LogP contribution in [0.15, 0.2) is 52.1 Å². The van der Waals surface area contributed by atoms with Crippen molar-refractivity contribution in [2.45, 2.75) is 13.5 Å². The van der Waals surface area contributed by atoms with E-state index in [0.29, 0.717) is 30.2 Å². The lowest BCUT2D eigenvalue weighted by atomic mass is 10.0. The number of fused-ring (bicyclic) bond motifs is 2. The number of nitrogens with zero attached hydrogens (tertiary/aromatic N) is 4. The SMILES string of the molecule is CCNc1nc2c(c(=O)n(C)c(=O)n2C)n1Cc1cccc2ccccc12. The molecule has 2 aromatic heterocycles. The van der Waals surface area contributed by atoms with Crippen LogP contribution >= 0.6 is 0 Å². The van der Waals surface area contributed by atoms with Crippen molar-refractivity contribution in [1.29, 1.82) is 0 Å². The highest BCUT2D eigenvalue weighted by atomic mass is 16.2. The average Bonchev–Trinajstić information content (AvgIpc) is 3.03.